The first-order chi connectivity index (χ1) is 10.3. The first-order valence-electron chi connectivity index (χ1n) is 6.94. The molecule has 0 spiro atoms. The van der Waals surface area contributed by atoms with Crippen LogP contribution in [-0.4, -0.2) is 32.4 Å². The standard InChI is InChI=1S/C15H21N3O3S/c1-11-12(2)21-15(17-11)9-16-22(19,20)14-7-5-13(6-8-14)10-18(3)4/h5-8,16H,9-10H2,1-4H3. The lowest BCUT2D eigenvalue weighted by molar-refractivity contribution is 0.402. The molecule has 0 bridgehead atoms. The van der Waals surface area contributed by atoms with Gasteiger partial charge < -0.3 is 9.32 Å². The van der Waals surface area contributed by atoms with Crippen LogP contribution in [0.3, 0.4) is 0 Å². The van der Waals surface area contributed by atoms with Gasteiger partial charge in [-0.25, -0.2) is 18.1 Å². The zero-order valence-corrected chi connectivity index (χ0v) is 14.1. The fraction of sp³-hybridized carbons (Fsp3) is 0.400. The highest BCUT2D eigenvalue weighted by Crippen LogP contribution is 2.13. The summed E-state index contributed by atoms with van der Waals surface area (Å²) in [6, 6.07) is 6.84. The molecule has 7 heteroatoms. The fourth-order valence-electron chi connectivity index (χ4n) is 1.99. The van der Waals surface area contributed by atoms with Gasteiger partial charge in [-0.3, -0.25) is 0 Å². The van der Waals surface area contributed by atoms with Gasteiger partial charge in [0.2, 0.25) is 15.9 Å². The molecule has 0 unspecified atom stereocenters. The van der Waals surface area contributed by atoms with Crippen molar-refractivity contribution in [1.82, 2.24) is 14.6 Å². The van der Waals surface area contributed by atoms with Gasteiger partial charge in [-0.1, -0.05) is 12.1 Å². The number of nitrogens with one attached hydrogen (secondary N) is 1. The molecule has 1 aromatic heterocycles. The van der Waals surface area contributed by atoms with E-state index in [1.165, 1.54) is 0 Å². The molecule has 2 aromatic rings. The predicted molar refractivity (Wildman–Crippen MR) is 83.8 cm³/mol. The lowest BCUT2D eigenvalue weighted by Crippen LogP contribution is -2.23. The summed E-state index contributed by atoms with van der Waals surface area (Å²) in [5.74, 6) is 1.06. The van der Waals surface area contributed by atoms with Crippen molar-refractivity contribution in [3.63, 3.8) is 0 Å². The molecule has 0 radical (unpaired) electrons. The minimum absolute atomic E-state index is 0.0382. The Labute approximate surface area is 131 Å². The Balaban J connectivity index is 2.06. The smallest absolute Gasteiger partial charge is 0.241 e. The zero-order valence-electron chi connectivity index (χ0n) is 13.3. The molecule has 0 atom stereocenters. The number of aromatic nitrogens is 1. The average Bonchev–Trinajstić information content (AvgIpc) is 2.76. The highest BCUT2D eigenvalue weighted by atomic mass is 32.2. The number of sulfonamides is 1. The SMILES string of the molecule is Cc1nc(CNS(=O)(=O)c2ccc(CN(C)C)cc2)oc1C. The van der Waals surface area contributed by atoms with E-state index in [0.29, 0.717) is 11.7 Å². The average molecular weight is 323 g/mol. The molecule has 0 aliphatic heterocycles. The van der Waals surface area contributed by atoms with Crippen LogP contribution >= 0.6 is 0 Å². The third-order valence-electron chi connectivity index (χ3n) is 3.22. The van der Waals surface area contributed by atoms with Crippen LogP contribution < -0.4 is 4.72 Å². The van der Waals surface area contributed by atoms with E-state index in [1.54, 1.807) is 19.1 Å². The van der Waals surface area contributed by atoms with Crippen molar-refractivity contribution in [3.05, 3.63) is 47.2 Å². The normalized spacial score (nSPS) is 12.0. The van der Waals surface area contributed by atoms with Crippen LogP contribution in [0.2, 0.25) is 0 Å². The van der Waals surface area contributed by atoms with E-state index in [1.807, 2.05) is 38.1 Å². The van der Waals surface area contributed by atoms with Gasteiger partial charge in [0, 0.05) is 6.54 Å². The van der Waals surface area contributed by atoms with Crippen molar-refractivity contribution < 1.29 is 12.8 Å². The highest BCUT2D eigenvalue weighted by Gasteiger charge is 2.15. The second-order valence-electron chi connectivity index (χ2n) is 5.46. The van der Waals surface area contributed by atoms with Crippen molar-refractivity contribution in [2.45, 2.75) is 31.8 Å². The number of rotatable bonds is 6. The Hall–Kier alpha value is -1.70. The molecule has 6 nitrogen and oxygen atoms in total. The number of aryl methyl sites for hydroxylation is 2. The molecule has 22 heavy (non-hydrogen) atoms. The Bertz CT molecular complexity index is 714. The summed E-state index contributed by atoms with van der Waals surface area (Å²) in [6.45, 7) is 4.42. The molecule has 120 valence electrons. The highest BCUT2D eigenvalue weighted by molar-refractivity contribution is 7.89. The van der Waals surface area contributed by atoms with E-state index in [2.05, 4.69) is 9.71 Å². The summed E-state index contributed by atoms with van der Waals surface area (Å²) >= 11 is 0. The van der Waals surface area contributed by atoms with Gasteiger partial charge in [0.1, 0.15) is 5.76 Å². The molecular weight excluding hydrogens is 302 g/mol. The molecule has 0 aliphatic carbocycles. The minimum Gasteiger partial charge on any atom is -0.444 e. The molecule has 1 aromatic carbocycles. The van der Waals surface area contributed by atoms with Gasteiger partial charge in [-0.05, 0) is 45.6 Å². The largest absolute Gasteiger partial charge is 0.444 e. The summed E-state index contributed by atoms with van der Waals surface area (Å²) in [6.07, 6.45) is 0. The summed E-state index contributed by atoms with van der Waals surface area (Å²) in [4.78, 5) is 6.41. The van der Waals surface area contributed by atoms with Crippen molar-refractivity contribution in [2.75, 3.05) is 14.1 Å². The second kappa shape index (κ2) is 6.60. The lowest BCUT2D eigenvalue weighted by Gasteiger charge is -2.10. The topological polar surface area (TPSA) is 75.4 Å². The van der Waals surface area contributed by atoms with Gasteiger partial charge in [0.05, 0.1) is 17.1 Å². The first-order valence-corrected chi connectivity index (χ1v) is 8.42. The summed E-state index contributed by atoms with van der Waals surface area (Å²) < 4.78 is 32.3. The molecular formula is C15H21N3O3S. The van der Waals surface area contributed by atoms with Crippen molar-refractivity contribution in [2.24, 2.45) is 0 Å². The van der Waals surface area contributed by atoms with Crippen LogP contribution in [0.1, 0.15) is 22.9 Å². The van der Waals surface area contributed by atoms with Crippen LogP contribution in [0.4, 0.5) is 0 Å². The molecule has 2 rings (SSSR count). The van der Waals surface area contributed by atoms with E-state index in [0.717, 1.165) is 17.8 Å². The fourth-order valence-corrected chi connectivity index (χ4v) is 2.97. The van der Waals surface area contributed by atoms with Crippen LogP contribution in [0.15, 0.2) is 33.6 Å². The second-order valence-corrected chi connectivity index (χ2v) is 7.22. The molecule has 0 amide bonds. The van der Waals surface area contributed by atoms with Crippen LogP contribution in [0.5, 0.6) is 0 Å². The monoisotopic (exact) mass is 323 g/mol. The molecule has 1 N–H and O–H groups in total. The van der Waals surface area contributed by atoms with E-state index < -0.39 is 10.0 Å². The Morgan fingerprint density at radius 3 is 2.32 bits per heavy atom. The van der Waals surface area contributed by atoms with Gasteiger partial charge >= 0.3 is 0 Å². The quantitative estimate of drug-likeness (QED) is 0.878. The third kappa shape index (κ3) is 4.16. The van der Waals surface area contributed by atoms with Gasteiger partial charge in [0.15, 0.2) is 0 Å². The summed E-state index contributed by atoms with van der Waals surface area (Å²) in [5, 5.41) is 0. The van der Waals surface area contributed by atoms with Crippen LogP contribution in [-0.2, 0) is 23.1 Å². The van der Waals surface area contributed by atoms with Crippen LogP contribution in [0.25, 0.3) is 0 Å². The summed E-state index contributed by atoms with van der Waals surface area (Å²) in [5.41, 5.74) is 1.82. The van der Waals surface area contributed by atoms with E-state index >= 15 is 0 Å². The predicted octanol–water partition coefficient (Wildman–Crippen LogP) is 1.83. The number of hydrogen-bond donors (Lipinski definition) is 1. The third-order valence-corrected chi connectivity index (χ3v) is 4.64. The number of hydrogen-bond acceptors (Lipinski definition) is 5. The van der Waals surface area contributed by atoms with Crippen LogP contribution in [0, 0.1) is 13.8 Å². The van der Waals surface area contributed by atoms with E-state index in [9.17, 15) is 8.42 Å². The van der Waals surface area contributed by atoms with Gasteiger partial charge in [0.25, 0.3) is 0 Å². The number of benzene rings is 1. The molecule has 1 heterocycles. The maximum absolute atomic E-state index is 12.2. The van der Waals surface area contributed by atoms with E-state index in [-0.39, 0.29) is 11.4 Å². The Kier molecular flexibility index (Phi) is 5.00. The Morgan fingerprint density at radius 1 is 1.18 bits per heavy atom. The van der Waals surface area contributed by atoms with Gasteiger partial charge in [-0.2, -0.15) is 0 Å². The van der Waals surface area contributed by atoms with Crippen molar-refractivity contribution in [1.29, 1.82) is 0 Å². The molecule has 0 fully saturated rings. The number of nitrogens with zero attached hydrogens (tertiary/aromatic N) is 2. The first kappa shape index (κ1) is 16.7. The molecule has 0 saturated heterocycles. The minimum atomic E-state index is -3.57. The van der Waals surface area contributed by atoms with Crippen molar-refractivity contribution in [3.8, 4) is 0 Å². The lowest BCUT2D eigenvalue weighted by atomic mass is 10.2. The molecule has 0 aliphatic rings. The Morgan fingerprint density at radius 2 is 1.82 bits per heavy atom. The summed E-state index contributed by atoms with van der Waals surface area (Å²) in [7, 11) is 0.359. The number of oxazole rings is 1. The maximum Gasteiger partial charge on any atom is 0.241 e. The van der Waals surface area contributed by atoms with Gasteiger partial charge in [-0.15, -0.1) is 0 Å². The van der Waals surface area contributed by atoms with Crippen molar-refractivity contribution >= 4 is 10.0 Å². The maximum atomic E-state index is 12.2. The zero-order chi connectivity index (χ0) is 16.3. The molecule has 0 saturated carbocycles. The van der Waals surface area contributed by atoms with E-state index in [4.69, 9.17) is 4.42 Å².